The molecule has 2 unspecified atom stereocenters. The van der Waals surface area contributed by atoms with Gasteiger partial charge in [0.2, 0.25) is 17.8 Å². The molecular formula is C41H37N13O4S. The lowest BCUT2D eigenvalue weighted by Crippen LogP contribution is -2.18. The molecule has 296 valence electrons. The van der Waals surface area contributed by atoms with Gasteiger partial charge in [-0.2, -0.15) is 15.1 Å². The summed E-state index contributed by atoms with van der Waals surface area (Å²) in [5, 5.41) is 48.5. The fourth-order valence-corrected chi connectivity index (χ4v) is 6.91. The van der Waals surface area contributed by atoms with E-state index in [0.717, 1.165) is 0 Å². The average molecular weight is 808 g/mol. The number of anilines is 3. The fourth-order valence-electron chi connectivity index (χ4n) is 6.26. The van der Waals surface area contributed by atoms with Crippen molar-refractivity contribution >= 4 is 50.9 Å². The maximum absolute atomic E-state index is 11.3. The van der Waals surface area contributed by atoms with Crippen molar-refractivity contribution in [2.75, 3.05) is 11.1 Å². The van der Waals surface area contributed by atoms with E-state index in [2.05, 4.69) is 59.1 Å². The maximum Gasteiger partial charge on any atom is 0.240 e. The van der Waals surface area contributed by atoms with Crippen LogP contribution in [0.3, 0.4) is 0 Å². The van der Waals surface area contributed by atoms with E-state index in [4.69, 9.17) is 25.3 Å². The standard InChI is InChI=1S/C41H37N13O4S/c1-22(2)35(55)33-27-8-7-25(9-12-40(5,56)31-17-23(3)58-52-31)19-29(27)54(51-33)32-11-14-44-38(49-32)48-28-18-26(10-13-41(6,57)36-43-15-16-59-36)20-30-34(28)47-24(4)53(30)39-46-21-45-37(42)50-39/h7-8,11,14-22,35,55-57H,1-6H3,(H,44,48,49)(H2,42,45,46,50)/t35?,40?,41-/m1/s1. The Labute approximate surface area is 341 Å². The van der Waals surface area contributed by atoms with Crippen molar-refractivity contribution < 1.29 is 19.8 Å². The third-order valence-electron chi connectivity index (χ3n) is 9.31. The van der Waals surface area contributed by atoms with E-state index in [9.17, 15) is 15.3 Å². The molecule has 0 amide bonds. The van der Waals surface area contributed by atoms with Gasteiger partial charge in [0.1, 0.15) is 40.2 Å². The second-order valence-corrected chi connectivity index (χ2v) is 15.3. The number of aliphatic hydroxyl groups is 3. The summed E-state index contributed by atoms with van der Waals surface area (Å²) in [6, 6.07) is 12.4. The van der Waals surface area contributed by atoms with Gasteiger partial charge in [0.25, 0.3) is 0 Å². The Morgan fingerprint density at radius 3 is 2.39 bits per heavy atom. The molecule has 6 heterocycles. The van der Waals surface area contributed by atoms with Gasteiger partial charge in [-0.05, 0) is 63.9 Å². The minimum absolute atomic E-state index is 0.0399. The van der Waals surface area contributed by atoms with Gasteiger partial charge >= 0.3 is 0 Å². The number of aryl methyl sites for hydroxylation is 2. The molecule has 0 spiro atoms. The number of nitrogens with zero attached hydrogens (tertiary/aromatic N) is 11. The van der Waals surface area contributed by atoms with Crippen LogP contribution in [0.5, 0.6) is 0 Å². The Balaban J connectivity index is 1.22. The van der Waals surface area contributed by atoms with Crippen LogP contribution >= 0.6 is 11.3 Å². The molecule has 6 N–H and O–H groups in total. The molecule has 17 nitrogen and oxygen atoms in total. The number of fused-ring (bicyclic) bond motifs is 2. The molecule has 0 bridgehead atoms. The number of hydrogen-bond donors (Lipinski definition) is 5. The molecule has 0 saturated carbocycles. The van der Waals surface area contributed by atoms with Gasteiger partial charge in [0.05, 0.1) is 22.4 Å². The largest absolute Gasteiger partial charge is 0.386 e. The highest BCUT2D eigenvalue weighted by molar-refractivity contribution is 7.09. The van der Waals surface area contributed by atoms with E-state index in [1.165, 1.54) is 17.7 Å². The number of aliphatic hydroxyl groups excluding tert-OH is 1. The molecule has 18 heteroatoms. The molecule has 6 aromatic heterocycles. The van der Waals surface area contributed by atoms with Crippen LogP contribution < -0.4 is 11.1 Å². The Bertz CT molecular complexity index is 3000. The van der Waals surface area contributed by atoms with Crippen molar-refractivity contribution in [3.05, 3.63) is 106 Å². The SMILES string of the molecule is Cc1cc(C(C)(O)C#Cc2ccc3c(C(O)C(C)C)nn(-c4ccnc(Nc5cc(C#C[C@@](C)(O)c6nccs6)cc6c5nc(C)n6-c5ncnc(N)n5)n4)c3c2)no1. The number of imidazole rings is 1. The summed E-state index contributed by atoms with van der Waals surface area (Å²) in [5.74, 6) is 13.9. The highest BCUT2D eigenvalue weighted by Gasteiger charge is 2.26. The lowest BCUT2D eigenvalue weighted by atomic mass is 10.00. The fraction of sp³-hybridized carbons (Fsp3) is 0.244. The highest BCUT2D eigenvalue weighted by Crippen LogP contribution is 2.33. The predicted molar refractivity (Wildman–Crippen MR) is 220 cm³/mol. The molecule has 0 aliphatic heterocycles. The number of nitrogens with two attached hydrogens (primary N) is 1. The van der Waals surface area contributed by atoms with Crippen LogP contribution in [0, 0.1) is 43.4 Å². The van der Waals surface area contributed by atoms with E-state index < -0.39 is 17.3 Å². The van der Waals surface area contributed by atoms with Gasteiger partial charge in [-0.3, -0.25) is 4.57 Å². The van der Waals surface area contributed by atoms with E-state index in [-0.39, 0.29) is 23.8 Å². The zero-order chi connectivity index (χ0) is 41.6. The first-order valence-electron chi connectivity index (χ1n) is 18.3. The number of hydrogen-bond acceptors (Lipinski definition) is 16. The lowest BCUT2D eigenvalue weighted by molar-refractivity contribution is 0.112. The predicted octanol–water partition coefficient (Wildman–Crippen LogP) is 4.93. The van der Waals surface area contributed by atoms with Crippen LogP contribution in [0.4, 0.5) is 17.6 Å². The second kappa shape index (κ2) is 15.0. The quantitative estimate of drug-likeness (QED) is 0.128. The molecule has 2 aromatic carbocycles. The normalized spacial score (nSPS) is 14.0. The van der Waals surface area contributed by atoms with E-state index >= 15 is 0 Å². The molecule has 8 rings (SSSR count). The van der Waals surface area contributed by atoms with Crippen molar-refractivity contribution in [2.45, 2.75) is 58.8 Å². The molecule has 0 aliphatic rings. The summed E-state index contributed by atoms with van der Waals surface area (Å²) in [5.41, 5.74) is 6.94. The molecule has 3 atom stereocenters. The third-order valence-corrected chi connectivity index (χ3v) is 10.3. The van der Waals surface area contributed by atoms with Gasteiger partial charge in [0.15, 0.2) is 17.0 Å². The molecule has 0 fully saturated rings. The first kappa shape index (κ1) is 38.8. The molecular weight excluding hydrogens is 771 g/mol. The van der Waals surface area contributed by atoms with Gasteiger partial charge in [-0.25, -0.2) is 29.6 Å². The number of nitrogen functional groups attached to an aromatic ring is 1. The van der Waals surface area contributed by atoms with Crippen LogP contribution in [0.25, 0.3) is 33.7 Å². The highest BCUT2D eigenvalue weighted by atomic mass is 32.1. The Hall–Kier alpha value is -7.09. The first-order chi connectivity index (χ1) is 28.2. The van der Waals surface area contributed by atoms with Crippen molar-refractivity contribution in [1.29, 1.82) is 0 Å². The third kappa shape index (κ3) is 7.68. The smallest absolute Gasteiger partial charge is 0.240 e. The van der Waals surface area contributed by atoms with Crippen molar-refractivity contribution in [3.8, 4) is 35.4 Å². The number of benzene rings is 2. The molecule has 8 aromatic rings. The molecule has 0 saturated heterocycles. The molecule has 59 heavy (non-hydrogen) atoms. The Kier molecular flexibility index (Phi) is 9.86. The summed E-state index contributed by atoms with van der Waals surface area (Å²) in [4.78, 5) is 31.1. The van der Waals surface area contributed by atoms with Gasteiger partial charge in [-0.15, -0.1) is 11.3 Å². The molecule has 0 radical (unpaired) electrons. The number of aromatic nitrogens is 11. The average Bonchev–Trinajstić information content (AvgIpc) is 4.03. The second-order valence-electron chi connectivity index (χ2n) is 14.4. The zero-order valence-corrected chi connectivity index (χ0v) is 33.5. The van der Waals surface area contributed by atoms with Crippen molar-refractivity contribution in [2.24, 2.45) is 5.92 Å². The number of rotatable bonds is 8. The summed E-state index contributed by atoms with van der Waals surface area (Å²) >= 11 is 1.30. The monoisotopic (exact) mass is 807 g/mol. The zero-order valence-electron chi connectivity index (χ0n) is 32.7. The Morgan fingerprint density at radius 1 is 0.881 bits per heavy atom. The maximum atomic E-state index is 11.3. The minimum atomic E-state index is -1.57. The lowest BCUT2D eigenvalue weighted by Gasteiger charge is -2.12. The van der Waals surface area contributed by atoms with Crippen LogP contribution in [-0.4, -0.2) is 69.7 Å². The van der Waals surface area contributed by atoms with Crippen LogP contribution in [0.15, 0.2) is 71.1 Å². The van der Waals surface area contributed by atoms with E-state index in [1.807, 2.05) is 32.0 Å². The summed E-state index contributed by atoms with van der Waals surface area (Å²) in [6.07, 6.45) is 3.64. The first-order valence-corrected chi connectivity index (χ1v) is 19.2. The van der Waals surface area contributed by atoms with Crippen LogP contribution in [-0.2, 0) is 11.2 Å². The number of nitrogens with one attached hydrogen (secondary N) is 1. The van der Waals surface area contributed by atoms with E-state index in [1.54, 1.807) is 79.0 Å². The van der Waals surface area contributed by atoms with Crippen molar-refractivity contribution in [3.63, 3.8) is 0 Å². The van der Waals surface area contributed by atoms with Crippen molar-refractivity contribution in [1.82, 2.24) is 54.4 Å². The summed E-state index contributed by atoms with van der Waals surface area (Å²) < 4.78 is 8.49. The topological polar surface area (TPSA) is 238 Å². The van der Waals surface area contributed by atoms with Gasteiger partial charge in [-0.1, -0.05) is 42.7 Å². The van der Waals surface area contributed by atoms with Gasteiger partial charge < -0.3 is 30.9 Å². The minimum Gasteiger partial charge on any atom is -0.386 e. The Morgan fingerprint density at radius 2 is 1.66 bits per heavy atom. The summed E-state index contributed by atoms with van der Waals surface area (Å²) in [7, 11) is 0. The molecule has 0 aliphatic carbocycles. The summed E-state index contributed by atoms with van der Waals surface area (Å²) in [6.45, 7) is 10.5. The van der Waals surface area contributed by atoms with Crippen LogP contribution in [0.1, 0.15) is 72.9 Å². The number of thiazole rings is 1. The van der Waals surface area contributed by atoms with Gasteiger partial charge in [0, 0.05) is 46.4 Å². The van der Waals surface area contributed by atoms with Crippen LogP contribution in [0.2, 0.25) is 0 Å². The van der Waals surface area contributed by atoms with E-state index in [0.29, 0.717) is 72.5 Å².